The molecule has 8 aromatic carbocycles. The van der Waals surface area contributed by atoms with E-state index in [-0.39, 0.29) is 28.4 Å². The van der Waals surface area contributed by atoms with Gasteiger partial charge in [0.15, 0.2) is 0 Å². The van der Waals surface area contributed by atoms with E-state index in [1.165, 1.54) is 146 Å². The van der Waals surface area contributed by atoms with Crippen LogP contribution in [0.3, 0.4) is 0 Å². The lowest BCUT2D eigenvalue weighted by Gasteiger charge is -2.48. The Kier molecular flexibility index (Phi) is 9.40. The zero-order chi connectivity index (χ0) is 48.2. The Labute approximate surface area is 420 Å². The second kappa shape index (κ2) is 15.1. The SMILES string of the molecule is Cc1cccc(C)c1-c1cc2c3c(c1)N(c1ccccc1-c1ccccc1)c1cc4sc5ccccc5c4cc1B3c1cc3c(cc1N2c1ccc2c(c1)C(C)(C)CCC2(C)C)C(C)(C)CCC3(C)C. The van der Waals surface area contributed by atoms with Gasteiger partial charge in [0.05, 0.1) is 5.69 Å². The summed E-state index contributed by atoms with van der Waals surface area (Å²) in [6.07, 6.45) is 4.69. The van der Waals surface area contributed by atoms with Crippen LogP contribution in [-0.4, -0.2) is 6.71 Å². The summed E-state index contributed by atoms with van der Waals surface area (Å²) in [5.41, 5.74) is 25.5. The predicted molar refractivity (Wildman–Crippen MR) is 304 cm³/mol. The van der Waals surface area contributed by atoms with Crippen LogP contribution in [0.5, 0.6) is 0 Å². The summed E-state index contributed by atoms with van der Waals surface area (Å²) in [5.74, 6) is 0. The van der Waals surface area contributed by atoms with Crippen molar-refractivity contribution in [2.45, 2.75) is 117 Å². The number of aryl methyl sites for hydroxylation is 2. The van der Waals surface area contributed by atoms with Gasteiger partial charge < -0.3 is 9.80 Å². The molecule has 0 N–H and O–H groups in total. The second-order valence-electron chi connectivity index (χ2n) is 23.9. The first-order valence-corrected chi connectivity index (χ1v) is 26.6. The molecule has 0 saturated carbocycles. The van der Waals surface area contributed by atoms with E-state index in [4.69, 9.17) is 0 Å². The molecular formula is C66H63BN2S. The third kappa shape index (κ3) is 6.37. The largest absolute Gasteiger partial charge is 0.311 e. The molecule has 3 heterocycles. The monoisotopic (exact) mass is 926 g/mol. The second-order valence-corrected chi connectivity index (χ2v) is 25.0. The Hall–Kier alpha value is -6.36. The highest BCUT2D eigenvalue weighted by molar-refractivity contribution is 7.26. The van der Waals surface area contributed by atoms with E-state index < -0.39 is 0 Å². The van der Waals surface area contributed by atoms with Crippen molar-refractivity contribution in [3.63, 3.8) is 0 Å². The number of hydrogen-bond acceptors (Lipinski definition) is 3. The van der Waals surface area contributed by atoms with E-state index in [9.17, 15) is 0 Å². The maximum absolute atomic E-state index is 2.72. The third-order valence-electron chi connectivity index (χ3n) is 17.6. The first-order valence-electron chi connectivity index (χ1n) is 25.8. The van der Waals surface area contributed by atoms with Crippen LogP contribution in [0.25, 0.3) is 42.4 Å². The van der Waals surface area contributed by atoms with Gasteiger partial charge in [-0.3, -0.25) is 0 Å². The number of fused-ring (bicyclic) bond motifs is 9. The van der Waals surface area contributed by atoms with Crippen molar-refractivity contribution < 1.29 is 0 Å². The average molecular weight is 927 g/mol. The first-order chi connectivity index (χ1) is 33.5. The molecule has 0 bridgehead atoms. The smallest absolute Gasteiger partial charge is 0.252 e. The van der Waals surface area contributed by atoms with E-state index in [0.29, 0.717) is 0 Å². The van der Waals surface area contributed by atoms with Crippen LogP contribution in [-0.2, 0) is 21.7 Å². The fourth-order valence-corrected chi connectivity index (χ4v) is 14.6. The van der Waals surface area contributed by atoms with Crippen molar-refractivity contribution in [1.29, 1.82) is 0 Å². The minimum Gasteiger partial charge on any atom is -0.311 e. The van der Waals surface area contributed by atoms with E-state index in [1.54, 1.807) is 0 Å². The van der Waals surface area contributed by atoms with Gasteiger partial charge in [-0.15, -0.1) is 11.3 Å². The topological polar surface area (TPSA) is 6.48 Å². The van der Waals surface area contributed by atoms with Crippen LogP contribution in [0.15, 0.2) is 152 Å². The zero-order valence-corrected chi connectivity index (χ0v) is 43.5. The minimum atomic E-state index is -0.0133. The molecule has 2 aliphatic heterocycles. The van der Waals surface area contributed by atoms with Gasteiger partial charge in [0, 0.05) is 48.8 Å². The van der Waals surface area contributed by atoms with Gasteiger partial charge >= 0.3 is 0 Å². The van der Waals surface area contributed by atoms with Gasteiger partial charge in [0.1, 0.15) is 0 Å². The molecule has 0 saturated heterocycles. The lowest BCUT2D eigenvalue weighted by atomic mass is 9.33. The number of benzene rings is 8. The fraction of sp³-hybridized carbons (Fsp3) is 0.273. The summed E-state index contributed by atoms with van der Waals surface area (Å²) >= 11 is 1.92. The van der Waals surface area contributed by atoms with Crippen LogP contribution in [0.4, 0.5) is 34.1 Å². The number of anilines is 6. The molecule has 0 atom stereocenters. The summed E-state index contributed by atoms with van der Waals surface area (Å²) in [6, 6.07) is 59.3. The van der Waals surface area contributed by atoms with Crippen molar-refractivity contribution in [1.82, 2.24) is 0 Å². The molecule has 9 aromatic rings. The average Bonchev–Trinajstić information content (AvgIpc) is 3.71. The first kappa shape index (κ1) is 43.6. The molecule has 0 fully saturated rings. The van der Waals surface area contributed by atoms with Crippen LogP contribution in [0, 0.1) is 13.8 Å². The molecule has 1 aromatic heterocycles. The lowest BCUT2D eigenvalue weighted by Crippen LogP contribution is -2.62. The number of hydrogen-bond donors (Lipinski definition) is 0. The number of rotatable bonds is 4. The number of para-hydroxylation sites is 1. The third-order valence-corrected chi connectivity index (χ3v) is 18.8. The molecule has 0 spiro atoms. The standard InChI is InChI=1S/C66H63BN2S/c1-40-19-18-20-41(2)61(40)43-33-57-62-58(34-43)69(54-25-16-14-23-45(54)42-21-12-11-13-22-42)56-39-60-47(46-24-15-17-26-59(46)70-60)36-52(56)67(62)53-37-50-51(66(9,10)32-31-65(50,7)8)38-55(53)68(57)44-27-28-48-49(35-44)64(5,6)30-29-63(48,3)4/h11-28,33-39H,29-32H2,1-10H3. The summed E-state index contributed by atoms with van der Waals surface area (Å²) < 4.78 is 2.65. The molecule has 13 rings (SSSR count). The highest BCUT2D eigenvalue weighted by Crippen LogP contribution is 2.54. The van der Waals surface area contributed by atoms with Crippen LogP contribution in [0.1, 0.15) is 114 Å². The molecule has 2 aliphatic carbocycles. The maximum atomic E-state index is 2.72. The van der Waals surface area contributed by atoms with Crippen LogP contribution in [0.2, 0.25) is 0 Å². The minimum absolute atomic E-state index is 0.0133. The van der Waals surface area contributed by atoms with Crippen molar-refractivity contribution in [3.8, 4) is 22.3 Å². The van der Waals surface area contributed by atoms with Crippen molar-refractivity contribution in [3.05, 3.63) is 185 Å². The van der Waals surface area contributed by atoms with Gasteiger partial charge in [-0.1, -0.05) is 159 Å². The highest BCUT2D eigenvalue weighted by Gasteiger charge is 2.48. The Morgan fingerprint density at radius 3 is 1.70 bits per heavy atom. The Bertz CT molecular complexity index is 3640. The molecule has 4 aliphatic rings. The highest BCUT2D eigenvalue weighted by atomic mass is 32.1. The van der Waals surface area contributed by atoms with E-state index in [1.807, 2.05) is 11.3 Å². The fourth-order valence-electron chi connectivity index (χ4n) is 13.5. The maximum Gasteiger partial charge on any atom is 0.252 e. The normalized spacial score (nSPS) is 17.7. The Morgan fingerprint density at radius 2 is 0.986 bits per heavy atom. The summed E-state index contributed by atoms with van der Waals surface area (Å²) in [5, 5.41) is 2.68. The van der Waals surface area contributed by atoms with Crippen LogP contribution < -0.4 is 26.2 Å². The van der Waals surface area contributed by atoms with Gasteiger partial charge in [-0.05, 0) is 182 Å². The van der Waals surface area contributed by atoms with Crippen molar-refractivity contribution in [2.24, 2.45) is 0 Å². The van der Waals surface area contributed by atoms with Crippen molar-refractivity contribution >= 4 is 88.7 Å². The summed E-state index contributed by atoms with van der Waals surface area (Å²) in [4.78, 5) is 5.39. The van der Waals surface area contributed by atoms with Crippen molar-refractivity contribution in [2.75, 3.05) is 9.80 Å². The van der Waals surface area contributed by atoms with Gasteiger partial charge in [0.25, 0.3) is 6.71 Å². The molecule has 346 valence electrons. The molecule has 0 amide bonds. The number of thiophene rings is 1. The van der Waals surface area contributed by atoms with Gasteiger partial charge in [-0.25, -0.2) is 0 Å². The lowest BCUT2D eigenvalue weighted by molar-refractivity contribution is 0.332. The molecule has 0 unspecified atom stereocenters. The Balaban J connectivity index is 1.21. The van der Waals surface area contributed by atoms with E-state index in [2.05, 4.69) is 231 Å². The predicted octanol–water partition coefficient (Wildman–Crippen LogP) is 16.8. The Morgan fingerprint density at radius 1 is 0.414 bits per heavy atom. The molecule has 2 nitrogen and oxygen atoms in total. The van der Waals surface area contributed by atoms with Crippen LogP contribution >= 0.6 is 11.3 Å². The van der Waals surface area contributed by atoms with Gasteiger partial charge in [-0.2, -0.15) is 0 Å². The summed E-state index contributed by atoms with van der Waals surface area (Å²) in [7, 11) is 0. The quantitative estimate of drug-likeness (QED) is 0.162. The molecular weight excluding hydrogens is 864 g/mol. The van der Waals surface area contributed by atoms with Gasteiger partial charge in [0.2, 0.25) is 0 Å². The van der Waals surface area contributed by atoms with E-state index >= 15 is 0 Å². The van der Waals surface area contributed by atoms with E-state index in [0.717, 1.165) is 6.42 Å². The molecule has 70 heavy (non-hydrogen) atoms. The summed E-state index contributed by atoms with van der Waals surface area (Å²) in [6.45, 7) is 24.4. The zero-order valence-electron chi connectivity index (χ0n) is 42.6. The molecule has 0 radical (unpaired) electrons. The molecule has 4 heteroatoms. The number of nitrogens with zero attached hydrogens (tertiary/aromatic N) is 2.